The summed E-state index contributed by atoms with van der Waals surface area (Å²) in [6.45, 7) is 5.72. The van der Waals surface area contributed by atoms with Crippen molar-refractivity contribution in [3.8, 4) is 11.1 Å². The molecule has 0 aromatic heterocycles. The van der Waals surface area contributed by atoms with Crippen molar-refractivity contribution in [2.75, 3.05) is 13.1 Å². The fourth-order valence-electron chi connectivity index (χ4n) is 3.16. The third-order valence-electron chi connectivity index (χ3n) is 4.77. The number of rotatable bonds is 7. The van der Waals surface area contributed by atoms with E-state index in [-0.39, 0.29) is 0 Å². The highest BCUT2D eigenvalue weighted by molar-refractivity contribution is 5.68. The molecule has 0 aliphatic rings. The van der Waals surface area contributed by atoms with E-state index >= 15 is 0 Å². The summed E-state index contributed by atoms with van der Waals surface area (Å²) >= 11 is 0. The zero-order chi connectivity index (χ0) is 18.4. The van der Waals surface area contributed by atoms with Gasteiger partial charge in [-0.3, -0.25) is 0 Å². The number of nitrogens with one attached hydrogen (secondary N) is 1. The van der Waals surface area contributed by atoms with Crippen molar-refractivity contribution in [2.45, 2.75) is 26.4 Å². The molecule has 0 aliphatic carbocycles. The van der Waals surface area contributed by atoms with Gasteiger partial charge >= 0.3 is 0 Å². The van der Waals surface area contributed by atoms with Gasteiger partial charge in [0.05, 0.1) is 6.10 Å². The van der Waals surface area contributed by atoms with Gasteiger partial charge < -0.3 is 10.4 Å². The van der Waals surface area contributed by atoms with Crippen molar-refractivity contribution in [1.29, 1.82) is 0 Å². The van der Waals surface area contributed by atoms with Crippen molar-refractivity contribution in [3.63, 3.8) is 0 Å². The van der Waals surface area contributed by atoms with E-state index in [1.165, 1.54) is 27.8 Å². The Morgan fingerprint density at radius 2 is 1.62 bits per heavy atom. The molecular weight excluding hydrogens is 318 g/mol. The second-order valence-corrected chi connectivity index (χ2v) is 6.90. The maximum atomic E-state index is 10.2. The zero-order valence-corrected chi connectivity index (χ0v) is 15.6. The van der Waals surface area contributed by atoms with Crippen LogP contribution in [0.4, 0.5) is 0 Å². The van der Waals surface area contributed by atoms with Crippen LogP contribution in [0.25, 0.3) is 11.1 Å². The van der Waals surface area contributed by atoms with Crippen LogP contribution >= 0.6 is 0 Å². The molecule has 3 rings (SSSR count). The van der Waals surface area contributed by atoms with Gasteiger partial charge in [0.1, 0.15) is 0 Å². The predicted molar refractivity (Wildman–Crippen MR) is 109 cm³/mol. The zero-order valence-electron chi connectivity index (χ0n) is 15.6. The average Bonchev–Trinajstić information content (AvgIpc) is 2.68. The van der Waals surface area contributed by atoms with Crippen LogP contribution in [-0.2, 0) is 6.42 Å². The first-order chi connectivity index (χ1) is 12.6. The lowest BCUT2D eigenvalue weighted by molar-refractivity contribution is 0.175. The molecule has 0 saturated carbocycles. The van der Waals surface area contributed by atoms with Crippen molar-refractivity contribution in [2.24, 2.45) is 0 Å². The van der Waals surface area contributed by atoms with Gasteiger partial charge in [0, 0.05) is 6.54 Å². The molecule has 0 amide bonds. The summed E-state index contributed by atoms with van der Waals surface area (Å²) in [6, 6.07) is 25.2. The van der Waals surface area contributed by atoms with Gasteiger partial charge in [-0.1, -0.05) is 78.4 Å². The second kappa shape index (κ2) is 8.79. The van der Waals surface area contributed by atoms with E-state index in [1.807, 2.05) is 30.3 Å². The van der Waals surface area contributed by atoms with Crippen molar-refractivity contribution in [1.82, 2.24) is 5.32 Å². The summed E-state index contributed by atoms with van der Waals surface area (Å²) < 4.78 is 0. The fourth-order valence-corrected chi connectivity index (χ4v) is 3.16. The molecule has 2 heteroatoms. The Bertz CT molecular complexity index is 825. The Morgan fingerprint density at radius 1 is 0.885 bits per heavy atom. The third kappa shape index (κ3) is 4.81. The molecule has 2 N–H and O–H groups in total. The molecule has 134 valence electrons. The molecule has 2 nitrogen and oxygen atoms in total. The maximum Gasteiger partial charge on any atom is 0.0914 e. The Hall–Kier alpha value is -2.42. The first-order valence-electron chi connectivity index (χ1n) is 9.24. The van der Waals surface area contributed by atoms with E-state index in [0.717, 1.165) is 18.5 Å². The largest absolute Gasteiger partial charge is 0.387 e. The lowest BCUT2D eigenvalue weighted by Gasteiger charge is -2.12. The fraction of sp³-hybridized carbons (Fsp3) is 0.250. The molecule has 0 aliphatic heterocycles. The minimum absolute atomic E-state index is 0.456. The lowest BCUT2D eigenvalue weighted by Crippen LogP contribution is -2.23. The van der Waals surface area contributed by atoms with E-state index in [4.69, 9.17) is 0 Å². The predicted octanol–water partition coefficient (Wildman–Crippen LogP) is 4.84. The summed E-state index contributed by atoms with van der Waals surface area (Å²) in [6.07, 6.45) is 0.497. The number of aliphatic hydroxyl groups excluding tert-OH is 1. The minimum Gasteiger partial charge on any atom is -0.387 e. The van der Waals surface area contributed by atoms with Crippen molar-refractivity contribution < 1.29 is 5.11 Å². The van der Waals surface area contributed by atoms with Crippen molar-refractivity contribution >= 4 is 0 Å². The Balaban J connectivity index is 1.51. The Labute approximate surface area is 156 Å². The van der Waals surface area contributed by atoms with Gasteiger partial charge in [0.2, 0.25) is 0 Å². The Morgan fingerprint density at radius 3 is 2.35 bits per heavy atom. The molecule has 0 fully saturated rings. The van der Waals surface area contributed by atoms with E-state index in [0.29, 0.717) is 6.54 Å². The van der Waals surface area contributed by atoms with Gasteiger partial charge in [-0.2, -0.15) is 0 Å². The van der Waals surface area contributed by atoms with Crippen LogP contribution in [0, 0.1) is 13.8 Å². The summed E-state index contributed by atoms with van der Waals surface area (Å²) in [5.74, 6) is 0. The van der Waals surface area contributed by atoms with Gasteiger partial charge in [-0.25, -0.2) is 0 Å². The number of aliphatic hydroxyl groups is 1. The highest BCUT2D eigenvalue weighted by atomic mass is 16.3. The van der Waals surface area contributed by atoms with Gasteiger partial charge in [0.15, 0.2) is 0 Å². The van der Waals surface area contributed by atoms with E-state index < -0.39 is 6.10 Å². The maximum absolute atomic E-state index is 10.2. The van der Waals surface area contributed by atoms with Gasteiger partial charge in [-0.05, 0) is 54.6 Å². The number of hydrogen-bond acceptors (Lipinski definition) is 2. The standard InChI is InChI=1S/C24H27NO/c1-18-8-9-19(2)23(16-18)21-12-10-20(11-13-21)14-15-25-17-24(26)22-6-4-3-5-7-22/h3-13,16,24-26H,14-15,17H2,1-2H3. The van der Waals surface area contributed by atoms with Crippen LogP contribution in [0.15, 0.2) is 72.8 Å². The smallest absolute Gasteiger partial charge is 0.0914 e. The number of benzene rings is 3. The molecule has 0 radical (unpaired) electrons. The lowest BCUT2D eigenvalue weighted by atomic mass is 9.97. The highest BCUT2D eigenvalue weighted by Gasteiger charge is 2.06. The molecule has 0 saturated heterocycles. The van der Waals surface area contributed by atoms with Crippen LogP contribution in [0.5, 0.6) is 0 Å². The molecule has 1 atom stereocenters. The molecule has 26 heavy (non-hydrogen) atoms. The van der Waals surface area contributed by atoms with Crippen molar-refractivity contribution in [3.05, 3.63) is 95.1 Å². The molecule has 0 bridgehead atoms. The third-order valence-corrected chi connectivity index (χ3v) is 4.77. The molecule has 1 unspecified atom stereocenters. The van der Waals surface area contributed by atoms with Crippen LogP contribution < -0.4 is 5.32 Å². The van der Waals surface area contributed by atoms with Crippen LogP contribution in [0.1, 0.15) is 28.4 Å². The molecular formula is C24H27NO. The average molecular weight is 345 g/mol. The first-order valence-corrected chi connectivity index (χ1v) is 9.24. The normalized spacial score (nSPS) is 12.1. The topological polar surface area (TPSA) is 32.3 Å². The second-order valence-electron chi connectivity index (χ2n) is 6.90. The van der Waals surface area contributed by atoms with Crippen LogP contribution in [0.3, 0.4) is 0 Å². The monoisotopic (exact) mass is 345 g/mol. The minimum atomic E-state index is -0.456. The van der Waals surface area contributed by atoms with Crippen LogP contribution in [0.2, 0.25) is 0 Å². The molecule has 3 aromatic rings. The Kier molecular flexibility index (Phi) is 6.21. The van der Waals surface area contributed by atoms with E-state index in [9.17, 15) is 5.11 Å². The summed E-state index contributed by atoms with van der Waals surface area (Å²) in [5, 5.41) is 13.5. The molecule has 0 spiro atoms. The highest BCUT2D eigenvalue weighted by Crippen LogP contribution is 2.25. The summed E-state index contributed by atoms with van der Waals surface area (Å²) in [4.78, 5) is 0. The molecule has 0 heterocycles. The van der Waals surface area contributed by atoms with Gasteiger partial charge in [-0.15, -0.1) is 0 Å². The summed E-state index contributed by atoms with van der Waals surface area (Å²) in [7, 11) is 0. The van der Waals surface area contributed by atoms with Gasteiger partial charge in [0.25, 0.3) is 0 Å². The SMILES string of the molecule is Cc1ccc(C)c(-c2ccc(CCNCC(O)c3ccccc3)cc2)c1. The first kappa shape index (κ1) is 18.4. The number of hydrogen-bond donors (Lipinski definition) is 2. The van der Waals surface area contributed by atoms with E-state index in [1.54, 1.807) is 0 Å². The van der Waals surface area contributed by atoms with Crippen LogP contribution in [-0.4, -0.2) is 18.2 Å². The number of aryl methyl sites for hydroxylation is 2. The van der Waals surface area contributed by atoms with E-state index in [2.05, 4.69) is 61.6 Å². The summed E-state index contributed by atoms with van der Waals surface area (Å²) in [5.41, 5.74) is 7.43. The quantitative estimate of drug-likeness (QED) is 0.601. The molecule has 3 aromatic carbocycles.